The Kier molecular flexibility index (Phi) is 6.37. The molecular weight excluding hydrogens is 415 g/mol. The summed E-state index contributed by atoms with van der Waals surface area (Å²) < 4.78 is 38.3. The van der Waals surface area contributed by atoms with E-state index >= 15 is 0 Å². The van der Waals surface area contributed by atoms with Crippen molar-refractivity contribution < 1.29 is 18.0 Å². The average Bonchev–Trinajstić information content (AvgIpc) is 2.79. The van der Waals surface area contributed by atoms with Gasteiger partial charge in [-0.1, -0.05) is 48.5 Å². The second-order valence-corrected chi connectivity index (χ2v) is 7.75. The van der Waals surface area contributed by atoms with E-state index in [0.29, 0.717) is 5.56 Å². The van der Waals surface area contributed by atoms with Crippen LogP contribution in [-0.2, 0) is 25.7 Å². The number of hydrogen-bond donors (Lipinski definition) is 1. The van der Waals surface area contributed by atoms with Crippen LogP contribution in [0.4, 0.5) is 13.2 Å². The summed E-state index contributed by atoms with van der Waals surface area (Å²) in [5.41, 5.74) is 6.14. The number of carbonyl (C=O) groups is 1. The van der Waals surface area contributed by atoms with Crippen LogP contribution in [0.2, 0.25) is 0 Å². The van der Waals surface area contributed by atoms with Gasteiger partial charge in [-0.15, -0.1) is 0 Å². The maximum atomic E-state index is 12.8. The topological polar surface area (TPSA) is 44.7 Å². The number of carbonyl (C=O) groups excluding carboxylic acids is 1. The van der Waals surface area contributed by atoms with E-state index < -0.39 is 17.6 Å². The SMILES string of the molecule is O=C(N/N=C\c1cccc(C(F)(F)F)c1)c1ccc(CN2CCc3ccccc3C2)cc1. The molecule has 3 aromatic rings. The third kappa shape index (κ3) is 5.42. The van der Waals surface area contributed by atoms with E-state index in [4.69, 9.17) is 0 Å². The van der Waals surface area contributed by atoms with Crippen molar-refractivity contribution in [3.8, 4) is 0 Å². The smallest absolute Gasteiger partial charge is 0.294 e. The standard InChI is InChI=1S/C25H22F3N3O/c26-25(27,28)23-7-3-4-19(14-23)15-29-30-24(32)21-10-8-18(9-11-21)16-31-13-12-20-5-1-2-6-22(20)17-31/h1-11,14-15H,12-13,16-17H2,(H,30,32)/b29-15-. The second-order valence-electron chi connectivity index (χ2n) is 7.75. The van der Waals surface area contributed by atoms with Gasteiger partial charge in [0.15, 0.2) is 0 Å². The molecule has 32 heavy (non-hydrogen) atoms. The molecule has 1 heterocycles. The van der Waals surface area contributed by atoms with Crippen LogP contribution >= 0.6 is 0 Å². The van der Waals surface area contributed by atoms with Crippen LogP contribution in [-0.4, -0.2) is 23.6 Å². The highest BCUT2D eigenvalue weighted by Crippen LogP contribution is 2.29. The summed E-state index contributed by atoms with van der Waals surface area (Å²) in [5.74, 6) is -0.424. The first-order valence-corrected chi connectivity index (χ1v) is 10.3. The van der Waals surface area contributed by atoms with E-state index in [2.05, 4.69) is 39.7 Å². The number of benzene rings is 3. The maximum absolute atomic E-state index is 12.8. The number of nitrogens with one attached hydrogen (secondary N) is 1. The molecule has 0 saturated carbocycles. The van der Waals surface area contributed by atoms with Crippen LogP contribution in [0.25, 0.3) is 0 Å². The van der Waals surface area contributed by atoms with Crippen LogP contribution < -0.4 is 5.43 Å². The molecule has 0 radical (unpaired) electrons. The molecule has 0 aliphatic carbocycles. The molecule has 0 unspecified atom stereocenters. The van der Waals surface area contributed by atoms with Crippen LogP contribution in [0.15, 0.2) is 77.9 Å². The molecule has 1 N–H and O–H groups in total. The normalized spacial score (nSPS) is 14.3. The zero-order valence-corrected chi connectivity index (χ0v) is 17.3. The van der Waals surface area contributed by atoms with Crippen LogP contribution in [0.1, 0.15) is 38.2 Å². The van der Waals surface area contributed by atoms with E-state index in [-0.39, 0.29) is 5.56 Å². The number of nitrogens with zero attached hydrogens (tertiary/aromatic N) is 2. The number of alkyl halides is 3. The van der Waals surface area contributed by atoms with Gasteiger partial charge >= 0.3 is 6.18 Å². The quantitative estimate of drug-likeness (QED) is 0.450. The van der Waals surface area contributed by atoms with E-state index in [1.807, 2.05) is 12.1 Å². The van der Waals surface area contributed by atoms with Crippen molar-refractivity contribution in [2.24, 2.45) is 5.10 Å². The first kappa shape index (κ1) is 21.8. The summed E-state index contributed by atoms with van der Waals surface area (Å²) in [6.45, 7) is 2.69. The number of hydrazone groups is 1. The molecule has 0 aromatic heterocycles. The van der Waals surface area contributed by atoms with E-state index in [1.165, 1.54) is 29.5 Å². The highest BCUT2D eigenvalue weighted by molar-refractivity contribution is 5.94. The number of halogens is 3. The molecule has 0 bridgehead atoms. The van der Waals surface area contributed by atoms with Gasteiger partial charge in [0.2, 0.25) is 0 Å². The average molecular weight is 437 g/mol. The summed E-state index contributed by atoms with van der Waals surface area (Å²) in [6.07, 6.45) is -2.21. The summed E-state index contributed by atoms with van der Waals surface area (Å²) in [5, 5.41) is 3.78. The molecule has 4 nitrogen and oxygen atoms in total. The highest BCUT2D eigenvalue weighted by Gasteiger charge is 2.30. The Morgan fingerprint density at radius 2 is 1.75 bits per heavy atom. The first-order valence-electron chi connectivity index (χ1n) is 10.3. The van der Waals surface area contributed by atoms with Gasteiger partial charge < -0.3 is 0 Å². The lowest BCUT2D eigenvalue weighted by Crippen LogP contribution is -2.30. The zero-order chi connectivity index (χ0) is 22.6. The fourth-order valence-electron chi connectivity index (χ4n) is 3.73. The predicted octanol–water partition coefficient (Wildman–Crippen LogP) is 5.03. The first-order chi connectivity index (χ1) is 15.4. The molecule has 0 saturated heterocycles. The van der Waals surface area contributed by atoms with E-state index in [0.717, 1.165) is 43.8 Å². The van der Waals surface area contributed by atoms with Gasteiger partial charge in [-0.05, 0) is 52.9 Å². The van der Waals surface area contributed by atoms with Crippen LogP contribution in [0.3, 0.4) is 0 Å². The minimum Gasteiger partial charge on any atom is -0.294 e. The third-order valence-electron chi connectivity index (χ3n) is 5.43. The molecule has 7 heteroatoms. The van der Waals surface area contributed by atoms with Crippen molar-refractivity contribution in [2.45, 2.75) is 25.7 Å². The number of rotatable bonds is 5. The van der Waals surface area contributed by atoms with Gasteiger partial charge in [0.05, 0.1) is 11.8 Å². The lowest BCUT2D eigenvalue weighted by atomic mass is 9.99. The van der Waals surface area contributed by atoms with Crippen LogP contribution in [0, 0.1) is 0 Å². The van der Waals surface area contributed by atoms with Gasteiger partial charge in [0, 0.05) is 25.2 Å². The zero-order valence-electron chi connectivity index (χ0n) is 17.3. The number of fused-ring (bicyclic) bond motifs is 1. The lowest BCUT2D eigenvalue weighted by Gasteiger charge is -2.28. The Morgan fingerprint density at radius 3 is 2.50 bits per heavy atom. The summed E-state index contributed by atoms with van der Waals surface area (Å²) >= 11 is 0. The maximum Gasteiger partial charge on any atom is 0.416 e. The van der Waals surface area contributed by atoms with Gasteiger partial charge in [0.25, 0.3) is 5.91 Å². The molecule has 1 aliphatic heterocycles. The van der Waals surface area contributed by atoms with Gasteiger partial charge in [-0.2, -0.15) is 18.3 Å². The highest BCUT2D eigenvalue weighted by atomic mass is 19.4. The van der Waals surface area contributed by atoms with Crippen molar-refractivity contribution in [3.05, 3.63) is 106 Å². The molecule has 1 amide bonds. The van der Waals surface area contributed by atoms with E-state index in [1.54, 1.807) is 12.1 Å². The summed E-state index contributed by atoms with van der Waals surface area (Å²) in [6, 6.07) is 20.5. The van der Waals surface area contributed by atoms with Crippen molar-refractivity contribution >= 4 is 12.1 Å². The third-order valence-corrected chi connectivity index (χ3v) is 5.43. The number of amides is 1. The molecule has 0 spiro atoms. The van der Waals surface area contributed by atoms with Crippen LogP contribution in [0.5, 0.6) is 0 Å². The monoisotopic (exact) mass is 437 g/mol. The van der Waals surface area contributed by atoms with Gasteiger partial charge in [-0.25, -0.2) is 5.43 Å². The molecule has 3 aromatic carbocycles. The second kappa shape index (κ2) is 9.36. The predicted molar refractivity (Wildman–Crippen MR) is 117 cm³/mol. The molecule has 1 aliphatic rings. The molecule has 0 atom stereocenters. The Labute approximate surface area is 184 Å². The minimum atomic E-state index is -4.42. The fourth-order valence-corrected chi connectivity index (χ4v) is 3.73. The fraction of sp³-hybridized carbons (Fsp3) is 0.200. The lowest BCUT2D eigenvalue weighted by molar-refractivity contribution is -0.137. The Balaban J connectivity index is 1.32. The van der Waals surface area contributed by atoms with Gasteiger partial charge in [0.1, 0.15) is 0 Å². The molecule has 4 rings (SSSR count). The van der Waals surface area contributed by atoms with Crippen molar-refractivity contribution in [2.75, 3.05) is 6.54 Å². The Morgan fingerprint density at radius 1 is 1.00 bits per heavy atom. The summed E-state index contributed by atoms with van der Waals surface area (Å²) in [7, 11) is 0. The van der Waals surface area contributed by atoms with Crippen molar-refractivity contribution in [1.29, 1.82) is 0 Å². The molecular formula is C25H22F3N3O. The number of hydrogen-bond acceptors (Lipinski definition) is 3. The van der Waals surface area contributed by atoms with E-state index in [9.17, 15) is 18.0 Å². The molecule has 164 valence electrons. The largest absolute Gasteiger partial charge is 0.416 e. The van der Waals surface area contributed by atoms with Gasteiger partial charge in [-0.3, -0.25) is 9.69 Å². The van der Waals surface area contributed by atoms with Crippen molar-refractivity contribution in [3.63, 3.8) is 0 Å². The molecule has 0 fully saturated rings. The Bertz CT molecular complexity index is 1120. The summed E-state index contributed by atoms with van der Waals surface area (Å²) in [4.78, 5) is 14.7. The van der Waals surface area contributed by atoms with Crippen molar-refractivity contribution in [1.82, 2.24) is 10.3 Å². The minimum absolute atomic E-state index is 0.249. The Hall–Kier alpha value is -3.45.